The van der Waals surface area contributed by atoms with Crippen LogP contribution >= 0.6 is 0 Å². The highest BCUT2D eigenvalue weighted by molar-refractivity contribution is 5.07. The zero-order chi connectivity index (χ0) is 9.90. The van der Waals surface area contributed by atoms with E-state index in [1.54, 1.807) is 6.20 Å². The van der Waals surface area contributed by atoms with Gasteiger partial charge in [-0.2, -0.15) is 10.4 Å². The van der Waals surface area contributed by atoms with Gasteiger partial charge in [-0.3, -0.25) is 10.00 Å². The van der Waals surface area contributed by atoms with Crippen molar-refractivity contribution in [3.8, 4) is 6.07 Å². The maximum absolute atomic E-state index is 8.88. The number of nitrogens with zero attached hydrogens (tertiary/aromatic N) is 3. The fourth-order valence-corrected chi connectivity index (χ4v) is 0.921. The first kappa shape index (κ1) is 9.75. The third kappa shape index (κ3) is 2.30. The van der Waals surface area contributed by atoms with E-state index in [9.17, 15) is 0 Å². The minimum absolute atomic E-state index is 0.433. The zero-order valence-electron chi connectivity index (χ0n) is 8.20. The summed E-state index contributed by atoms with van der Waals surface area (Å²) >= 11 is 0. The molecule has 0 spiro atoms. The number of rotatable bonds is 3. The molecule has 1 rings (SSSR count). The molecule has 0 saturated heterocycles. The number of hydrogen-bond acceptors (Lipinski definition) is 3. The topological polar surface area (TPSA) is 55.7 Å². The molecule has 13 heavy (non-hydrogen) atoms. The van der Waals surface area contributed by atoms with E-state index in [1.165, 1.54) is 0 Å². The third-order valence-corrected chi connectivity index (χ3v) is 2.20. The minimum atomic E-state index is -0.433. The molecule has 4 heteroatoms. The predicted molar refractivity (Wildman–Crippen MR) is 49.7 cm³/mol. The molecule has 0 fully saturated rings. The summed E-state index contributed by atoms with van der Waals surface area (Å²) in [5.74, 6) is 0. The molecule has 1 aromatic rings. The molecule has 0 saturated carbocycles. The summed E-state index contributed by atoms with van der Waals surface area (Å²) in [7, 11) is 1.93. The Kier molecular flexibility index (Phi) is 2.69. The van der Waals surface area contributed by atoms with Gasteiger partial charge in [0.1, 0.15) is 5.54 Å². The van der Waals surface area contributed by atoms with Crippen molar-refractivity contribution < 1.29 is 0 Å². The van der Waals surface area contributed by atoms with Crippen LogP contribution in [0.5, 0.6) is 0 Å². The lowest BCUT2D eigenvalue weighted by Crippen LogP contribution is -2.38. The van der Waals surface area contributed by atoms with Crippen molar-refractivity contribution >= 4 is 0 Å². The monoisotopic (exact) mass is 178 g/mol. The summed E-state index contributed by atoms with van der Waals surface area (Å²) in [6.07, 6.45) is 3.61. The summed E-state index contributed by atoms with van der Waals surface area (Å²) in [5, 5.41) is 15.5. The van der Waals surface area contributed by atoms with Crippen LogP contribution < -0.4 is 0 Å². The molecule has 0 unspecified atom stereocenters. The van der Waals surface area contributed by atoms with E-state index in [0.29, 0.717) is 0 Å². The minimum Gasteiger partial charge on any atom is -0.285 e. The van der Waals surface area contributed by atoms with Crippen LogP contribution in [0.2, 0.25) is 0 Å². The molecule has 4 nitrogen and oxygen atoms in total. The van der Waals surface area contributed by atoms with Crippen LogP contribution in [0.1, 0.15) is 19.4 Å². The average Bonchev–Trinajstić information content (AvgIpc) is 2.57. The zero-order valence-corrected chi connectivity index (χ0v) is 8.20. The Morgan fingerprint density at radius 3 is 2.85 bits per heavy atom. The smallest absolute Gasteiger partial charge is 0.103 e. The van der Waals surface area contributed by atoms with Crippen LogP contribution in [0.4, 0.5) is 0 Å². The first-order valence-electron chi connectivity index (χ1n) is 4.16. The van der Waals surface area contributed by atoms with Crippen molar-refractivity contribution in [2.45, 2.75) is 25.9 Å². The molecule has 1 N–H and O–H groups in total. The quantitative estimate of drug-likeness (QED) is 0.755. The highest BCUT2D eigenvalue weighted by Gasteiger charge is 2.22. The van der Waals surface area contributed by atoms with Gasteiger partial charge in [-0.1, -0.05) is 0 Å². The number of nitriles is 1. The molecule has 0 aromatic carbocycles. The standard InChI is InChI=1S/C9H14N4/c1-9(2,7-10)13(3)6-8-4-11-12-5-8/h4-5H,6H2,1-3H3,(H,11,12). The van der Waals surface area contributed by atoms with Gasteiger partial charge < -0.3 is 0 Å². The van der Waals surface area contributed by atoms with Crippen molar-refractivity contribution in [1.29, 1.82) is 5.26 Å². The Bertz CT molecular complexity index is 294. The van der Waals surface area contributed by atoms with Crippen molar-refractivity contribution in [3.05, 3.63) is 18.0 Å². The fraction of sp³-hybridized carbons (Fsp3) is 0.556. The molecule has 0 aliphatic rings. The van der Waals surface area contributed by atoms with Crippen LogP contribution in [0.3, 0.4) is 0 Å². The van der Waals surface area contributed by atoms with Gasteiger partial charge in [-0.05, 0) is 20.9 Å². The van der Waals surface area contributed by atoms with E-state index < -0.39 is 5.54 Å². The molecule has 0 radical (unpaired) electrons. The average molecular weight is 178 g/mol. The second-order valence-corrected chi connectivity index (χ2v) is 3.63. The summed E-state index contributed by atoms with van der Waals surface area (Å²) < 4.78 is 0. The predicted octanol–water partition coefficient (Wildman–Crippen LogP) is 1.14. The number of H-pyrrole nitrogens is 1. The van der Waals surface area contributed by atoms with Gasteiger partial charge in [0, 0.05) is 18.3 Å². The molecule has 1 aromatic heterocycles. The van der Waals surface area contributed by atoms with Crippen LogP contribution in [0.25, 0.3) is 0 Å². The van der Waals surface area contributed by atoms with Crippen molar-refractivity contribution in [2.75, 3.05) is 7.05 Å². The summed E-state index contributed by atoms with van der Waals surface area (Å²) in [5.41, 5.74) is 0.655. The highest BCUT2D eigenvalue weighted by Crippen LogP contribution is 2.13. The largest absolute Gasteiger partial charge is 0.285 e. The SMILES string of the molecule is CN(Cc1cn[nH]c1)C(C)(C)C#N. The Morgan fingerprint density at radius 1 is 1.69 bits per heavy atom. The Labute approximate surface area is 78.2 Å². The van der Waals surface area contributed by atoms with Crippen LogP contribution in [-0.2, 0) is 6.54 Å². The Balaban J connectivity index is 2.62. The molecule has 0 aliphatic heterocycles. The second-order valence-electron chi connectivity index (χ2n) is 3.63. The number of aromatic amines is 1. The number of hydrogen-bond donors (Lipinski definition) is 1. The molecule has 0 atom stereocenters. The van der Waals surface area contributed by atoms with Gasteiger partial charge in [0.25, 0.3) is 0 Å². The highest BCUT2D eigenvalue weighted by atomic mass is 15.2. The van der Waals surface area contributed by atoms with E-state index in [4.69, 9.17) is 5.26 Å². The van der Waals surface area contributed by atoms with E-state index in [-0.39, 0.29) is 0 Å². The van der Waals surface area contributed by atoms with Crippen LogP contribution in [0.15, 0.2) is 12.4 Å². The summed E-state index contributed by atoms with van der Waals surface area (Å²) in [6, 6.07) is 2.25. The first-order valence-corrected chi connectivity index (χ1v) is 4.16. The fourth-order valence-electron chi connectivity index (χ4n) is 0.921. The van der Waals surface area contributed by atoms with Gasteiger partial charge in [0.2, 0.25) is 0 Å². The van der Waals surface area contributed by atoms with E-state index in [1.807, 2.05) is 32.0 Å². The van der Waals surface area contributed by atoms with Crippen molar-refractivity contribution in [1.82, 2.24) is 15.1 Å². The van der Waals surface area contributed by atoms with E-state index in [0.717, 1.165) is 12.1 Å². The van der Waals surface area contributed by atoms with E-state index in [2.05, 4.69) is 16.3 Å². The van der Waals surface area contributed by atoms with Gasteiger partial charge in [0.15, 0.2) is 0 Å². The number of nitrogens with one attached hydrogen (secondary N) is 1. The lowest BCUT2D eigenvalue weighted by molar-refractivity contribution is 0.203. The lowest BCUT2D eigenvalue weighted by atomic mass is 10.1. The molecular formula is C9H14N4. The molecule has 0 aliphatic carbocycles. The van der Waals surface area contributed by atoms with Crippen molar-refractivity contribution in [3.63, 3.8) is 0 Å². The summed E-state index contributed by atoms with van der Waals surface area (Å²) in [4.78, 5) is 1.98. The Hall–Kier alpha value is -1.34. The maximum Gasteiger partial charge on any atom is 0.103 e. The van der Waals surface area contributed by atoms with Gasteiger partial charge in [0.05, 0.1) is 12.3 Å². The molecule has 0 amide bonds. The van der Waals surface area contributed by atoms with Crippen LogP contribution in [0, 0.1) is 11.3 Å². The third-order valence-electron chi connectivity index (χ3n) is 2.20. The van der Waals surface area contributed by atoms with Gasteiger partial charge in [-0.25, -0.2) is 0 Å². The molecule has 70 valence electrons. The first-order chi connectivity index (χ1) is 6.06. The molecular weight excluding hydrogens is 164 g/mol. The van der Waals surface area contributed by atoms with Crippen LogP contribution in [-0.4, -0.2) is 27.7 Å². The van der Waals surface area contributed by atoms with Crippen molar-refractivity contribution in [2.24, 2.45) is 0 Å². The van der Waals surface area contributed by atoms with Gasteiger partial charge in [-0.15, -0.1) is 0 Å². The maximum atomic E-state index is 8.88. The molecule has 1 heterocycles. The summed E-state index contributed by atoms with van der Waals surface area (Å²) in [6.45, 7) is 4.53. The normalized spacial score (nSPS) is 11.6. The lowest BCUT2D eigenvalue weighted by Gasteiger charge is -2.28. The molecule has 0 bridgehead atoms. The number of aromatic nitrogens is 2. The second kappa shape index (κ2) is 3.58. The Morgan fingerprint density at radius 2 is 2.38 bits per heavy atom. The van der Waals surface area contributed by atoms with Gasteiger partial charge >= 0.3 is 0 Å². The van der Waals surface area contributed by atoms with E-state index >= 15 is 0 Å².